The van der Waals surface area contributed by atoms with Crippen LogP contribution in [0.3, 0.4) is 0 Å². The maximum absolute atomic E-state index is 11.8. The molecule has 100 valence electrons. The van der Waals surface area contributed by atoms with E-state index >= 15 is 0 Å². The number of anilines is 1. The Bertz CT molecular complexity index is 498. The highest BCUT2D eigenvalue weighted by Gasteiger charge is 2.12. The van der Waals surface area contributed by atoms with Gasteiger partial charge in [0.05, 0.1) is 4.90 Å². The molecule has 0 saturated heterocycles. The predicted octanol–water partition coefficient (Wildman–Crippen LogP) is -0.484. The van der Waals surface area contributed by atoms with Crippen LogP contribution in [0, 0.1) is 0 Å². The molecule has 0 fully saturated rings. The lowest BCUT2D eigenvalue weighted by molar-refractivity contribution is -0.118. The van der Waals surface area contributed by atoms with Gasteiger partial charge >= 0.3 is 0 Å². The minimum absolute atomic E-state index is 0.139. The van der Waals surface area contributed by atoms with Gasteiger partial charge in [0.15, 0.2) is 0 Å². The summed E-state index contributed by atoms with van der Waals surface area (Å²) in [5.74, 6) is 4.73. The molecule has 0 saturated carbocycles. The minimum Gasteiger partial charge on any atom is -0.370 e. The van der Waals surface area contributed by atoms with Crippen LogP contribution >= 0.6 is 0 Å². The number of sulfonamides is 1. The number of primary amides is 1. The van der Waals surface area contributed by atoms with Crippen LogP contribution in [-0.2, 0) is 14.8 Å². The maximum Gasteiger partial charge on any atom is 0.240 e. The number of carbonyl (C=O) groups excluding carboxylic acids is 1. The Morgan fingerprint density at radius 1 is 1.22 bits per heavy atom. The Balaban J connectivity index is 2.59. The van der Waals surface area contributed by atoms with Gasteiger partial charge in [0.25, 0.3) is 0 Å². The quantitative estimate of drug-likeness (QED) is 0.303. The second-order valence-electron chi connectivity index (χ2n) is 3.64. The number of rotatable bonds is 7. The first kappa shape index (κ1) is 14.4. The summed E-state index contributed by atoms with van der Waals surface area (Å²) >= 11 is 0. The van der Waals surface area contributed by atoms with Crippen molar-refractivity contribution < 1.29 is 13.2 Å². The van der Waals surface area contributed by atoms with Crippen molar-refractivity contribution in [2.75, 3.05) is 12.0 Å². The fourth-order valence-corrected chi connectivity index (χ4v) is 2.36. The average Bonchev–Trinajstić information content (AvgIpc) is 2.34. The molecule has 1 aromatic carbocycles. The van der Waals surface area contributed by atoms with Crippen LogP contribution in [0.2, 0.25) is 0 Å². The fraction of sp³-hybridized carbons (Fsp3) is 0.300. The molecule has 18 heavy (non-hydrogen) atoms. The van der Waals surface area contributed by atoms with Crippen LogP contribution in [-0.4, -0.2) is 20.9 Å². The molecule has 0 aliphatic carbocycles. The van der Waals surface area contributed by atoms with Crippen LogP contribution in [0.4, 0.5) is 5.69 Å². The van der Waals surface area contributed by atoms with Gasteiger partial charge in [-0.2, -0.15) is 0 Å². The van der Waals surface area contributed by atoms with Gasteiger partial charge in [0.2, 0.25) is 15.9 Å². The number of benzene rings is 1. The lowest BCUT2D eigenvalue weighted by Gasteiger charge is -2.07. The first-order valence-corrected chi connectivity index (χ1v) is 6.78. The van der Waals surface area contributed by atoms with E-state index < -0.39 is 15.9 Å². The van der Waals surface area contributed by atoms with Crippen LogP contribution in [0.15, 0.2) is 29.2 Å². The van der Waals surface area contributed by atoms with Gasteiger partial charge in [-0.05, 0) is 30.7 Å². The van der Waals surface area contributed by atoms with Gasteiger partial charge in [-0.3, -0.25) is 10.6 Å². The van der Waals surface area contributed by atoms with E-state index in [4.69, 9.17) is 11.6 Å². The standard InChI is InChI=1S/C10H16N4O3S/c11-10(15)2-1-7-13-18(16,17)9-5-3-8(14-12)4-6-9/h3-6,13-14H,1-2,7,12H2,(H2,11,15). The number of hydrogen-bond acceptors (Lipinski definition) is 5. The molecule has 1 rings (SSSR count). The van der Waals surface area contributed by atoms with Crippen molar-refractivity contribution in [1.82, 2.24) is 4.72 Å². The second-order valence-corrected chi connectivity index (χ2v) is 5.40. The van der Waals surface area contributed by atoms with Gasteiger partial charge in [-0.25, -0.2) is 13.1 Å². The van der Waals surface area contributed by atoms with Gasteiger partial charge in [0, 0.05) is 18.7 Å². The molecule has 0 spiro atoms. The molecule has 1 aromatic rings. The van der Waals surface area contributed by atoms with E-state index in [1.807, 2.05) is 0 Å². The lowest BCUT2D eigenvalue weighted by Crippen LogP contribution is -2.25. The molecular formula is C10H16N4O3S. The molecule has 0 radical (unpaired) electrons. The zero-order valence-electron chi connectivity index (χ0n) is 9.72. The third-order valence-electron chi connectivity index (χ3n) is 2.22. The normalized spacial score (nSPS) is 11.2. The number of nitrogens with two attached hydrogens (primary N) is 2. The van der Waals surface area contributed by atoms with Gasteiger partial charge in [-0.15, -0.1) is 0 Å². The molecular weight excluding hydrogens is 256 g/mol. The van der Waals surface area contributed by atoms with Gasteiger partial charge < -0.3 is 11.2 Å². The molecule has 0 atom stereocenters. The van der Waals surface area contributed by atoms with Crippen molar-refractivity contribution in [2.45, 2.75) is 17.7 Å². The summed E-state index contributed by atoms with van der Waals surface area (Å²) in [7, 11) is -3.55. The Labute approximate surface area is 106 Å². The van der Waals surface area contributed by atoms with Crippen LogP contribution in [0.5, 0.6) is 0 Å². The van der Waals surface area contributed by atoms with Crippen molar-refractivity contribution in [3.05, 3.63) is 24.3 Å². The van der Waals surface area contributed by atoms with E-state index in [-0.39, 0.29) is 17.9 Å². The number of hydrazine groups is 1. The van der Waals surface area contributed by atoms with E-state index in [2.05, 4.69) is 10.1 Å². The molecule has 0 unspecified atom stereocenters. The molecule has 0 heterocycles. The highest BCUT2D eigenvalue weighted by Crippen LogP contribution is 2.12. The number of amides is 1. The Morgan fingerprint density at radius 2 is 1.83 bits per heavy atom. The first-order chi connectivity index (χ1) is 8.45. The number of nitrogens with one attached hydrogen (secondary N) is 2. The highest BCUT2D eigenvalue weighted by molar-refractivity contribution is 7.89. The molecule has 0 bridgehead atoms. The molecule has 1 amide bonds. The third kappa shape index (κ3) is 4.32. The summed E-state index contributed by atoms with van der Waals surface area (Å²) in [5, 5.41) is 0. The molecule has 0 aliphatic heterocycles. The van der Waals surface area contributed by atoms with Crippen molar-refractivity contribution in [3.63, 3.8) is 0 Å². The Hall–Kier alpha value is -1.64. The minimum atomic E-state index is -3.55. The fourth-order valence-electron chi connectivity index (χ4n) is 1.28. The van der Waals surface area contributed by atoms with E-state index in [1.54, 1.807) is 12.1 Å². The molecule has 7 nitrogen and oxygen atoms in total. The van der Waals surface area contributed by atoms with Crippen molar-refractivity contribution in [2.24, 2.45) is 11.6 Å². The third-order valence-corrected chi connectivity index (χ3v) is 3.70. The predicted molar refractivity (Wildman–Crippen MR) is 67.9 cm³/mol. The van der Waals surface area contributed by atoms with Crippen molar-refractivity contribution in [3.8, 4) is 0 Å². The largest absolute Gasteiger partial charge is 0.370 e. The van der Waals surface area contributed by atoms with E-state index in [1.165, 1.54) is 12.1 Å². The van der Waals surface area contributed by atoms with Gasteiger partial charge in [0.1, 0.15) is 0 Å². The summed E-state index contributed by atoms with van der Waals surface area (Å²) in [4.78, 5) is 10.6. The Morgan fingerprint density at radius 3 is 2.33 bits per heavy atom. The zero-order chi connectivity index (χ0) is 13.6. The molecule has 0 aliphatic rings. The van der Waals surface area contributed by atoms with Crippen molar-refractivity contribution in [1.29, 1.82) is 0 Å². The number of carbonyl (C=O) groups is 1. The van der Waals surface area contributed by atoms with E-state index in [0.29, 0.717) is 12.1 Å². The average molecular weight is 272 g/mol. The summed E-state index contributed by atoms with van der Waals surface area (Å²) in [5.41, 5.74) is 7.97. The maximum atomic E-state index is 11.8. The SMILES string of the molecule is NNc1ccc(S(=O)(=O)NCCCC(N)=O)cc1. The molecule has 0 aromatic heterocycles. The van der Waals surface area contributed by atoms with Crippen LogP contribution in [0.25, 0.3) is 0 Å². The zero-order valence-corrected chi connectivity index (χ0v) is 10.5. The second kappa shape index (κ2) is 6.34. The monoisotopic (exact) mass is 272 g/mol. The smallest absolute Gasteiger partial charge is 0.240 e. The summed E-state index contributed by atoms with van der Waals surface area (Å²) < 4.78 is 26.0. The van der Waals surface area contributed by atoms with Gasteiger partial charge in [-0.1, -0.05) is 0 Å². The van der Waals surface area contributed by atoms with Crippen LogP contribution in [0.1, 0.15) is 12.8 Å². The lowest BCUT2D eigenvalue weighted by atomic mass is 10.3. The first-order valence-electron chi connectivity index (χ1n) is 5.30. The number of hydrogen-bond donors (Lipinski definition) is 4. The Kier molecular flexibility index (Phi) is 5.08. The van der Waals surface area contributed by atoms with E-state index in [9.17, 15) is 13.2 Å². The summed E-state index contributed by atoms with van der Waals surface area (Å²) in [6, 6.07) is 5.98. The van der Waals surface area contributed by atoms with Crippen LogP contribution < -0.4 is 21.7 Å². The van der Waals surface area contributed by atoms with E-state index in [0.717, 1.165) is 0 Å². The summed E-state index contributed by atoms with van der Waals surface area (Å²) in [6.07, 6.45) is 0.523. The topological polar surface area (TPSA) is 127 Å². The summed E-state index contributed by atoms with van der Waals surface area (Å²) in [6.45, 7) is 0.169. The number of nitrogen functional groups attached to an aromatic ring is 1. The molecule has 6 N–H and O–H groups in total. The highest BCUT2D eigenvalue weighted by atomic mass is 32.2. The van der Waals surface area contributed by atoms with Crippen molar-refractivity contribution >= 4 is 21.6 Å². The molecule has 8 heteroatoms.